The molecule has 0 unspecified atom stereocenters. The summed E-state index contributed by atoms with van der Waals surface area (Å²) in [5, 5.41) is 2.47. The van der Waals surface area contributed by atoms with Gasteiger partial charge in [-0.25, -0.2) is 0 Å². The number of nitrogens with one attached hydrogen (secondary N) is 1. The van der Waals surface area contributed by atoms with Gasteiger partial charge in [0, 0.05) is 11.6 Å². The summed E-state index contributed by atoms with van der Waals surface area (Å²) in [6, 6.07) is 7.51. The van der Waals surface area contributed by atoms with Crippen molar-refractivity contribution in [1.29, 1.82) is 0 Å². The molecular weight excluding hydrogens is 209 g/mol. The van der Waals surface area contributed by atoms with E-state index in [1.165, 1.54) is 0 Å². The third-order valence-electron chi connectivity index (χ3n) is 1.54. The Morgan fingerprint density at radius 2 is 1.92 bits per heavy atom. The number of hydrogen-bond donors (Lipinski definition) is 1. The highest BCUT2D eigenvalue weighted by Gasteiger charge is 1.96. The molecule has 1 aromatic rings. The first-order chi connectivity index (χ1) is 6.22. The van der Waals surface area contributed by atoms with Crippen LogP contribution >= 0.6 is 23.2 Å². The lowest BCUT2D eigenvalue weighted by Crippen LogP contribution is -2.07. The number of halogens is 2. The quantitative estimate of drug-likeness (QED) is 0.621. The van der Waals surface area contributed by atoms with E-state index in [-0.39, 0.29) is 6.54 Å². The van der Waals surface area contributed by atoms with Gasteiger partial charge in [-0.1, -0.05) is 12.1 Å². The smallest absolute Gasteiger partial charge is 0.240 e. The number of rotatable bonds is 4. The molecule has 0 atom stereocenters. The molecule has 0 aliphatic heterocycles. The Hall–Kier alpha value is -0.730. The van der Waals surface area contributed by atoms with Crippen LogP contribution in [0.25, 0.3) is 0 Å². The van der Waals surface area contributed by atoms with Crippen molar-refractivity contribution < 1.29 is 4.79 Å². The fourth-order valence-electron chi connectivity index (χ4n) is 0.883. The summed E-state index contributed by atoms with van der Waals surface area (Å²) < 4.78 is 0. The van der Waals surface area contributed by atoms with E-state index in [9.17, 15) is 4.79 Å². The zero-order chi connectivity index (χ0) is 9.68. The topological polar surface area (TPSA) is 29.1 Å². The molecule has 0 bridgehead atoms. The summed E-state index contributed by atoms with van der Waals surface area (Å²) in [6.07, 6.45) is 0. The van der Waals surface area contributed by atoms with E-state index in [1.54, 1.807) is 0 Å². The molecule has 0 amide bonds. The van der Waals surface area contributed by atoms with Gasteiger partial charge in [0.15, 0.2) is 0 Å². The molecule has 1 N–H and O–H groups in total. The zero-order valence-electron chi connectivity index (χ0n) is 6.89. The van der Waals surface area contributed by atoms with Crippen LogP contribution in [-0.4, -0.2) is 11.8 Å². The Morgan fingerprint density at radius 1 is 1.31 bits per heavy atom. The van der Waals surface area contributed by atoms with Crippen molar-refractivity contribution in [2.75, 3.05) is 11.9 Å². The second-order valence-corrected chi connectivity index (χ2v) is 3.23. The van der Waals surface area contributed by atoms with Crippen molar-refractivity contribution in [3.63, 3.8) is 0 Å². The van der Waals surface area contributed by atoms with Gasteiger partial charge in [0.05, 0.1) is 6.54 Å². The normalized spacial score (nSPS) is 9.69. The first-order valence-corrected chi connectivity index (χ1v) is 4.70. The van der Waals surface area contributed by atoms with Crippen molar-refractivity contribution in [3.05, 3.63) is 29.8 Å². The fraction of sp³-hybridized carbons (Fsp3) is 0.222. The summed E-state index contributed by atoms with van der Waals surface area (Å²) in [5.74, 6) is 0.495. The average Bonchev–Trinajstić information content (AvgIpc) is 2.15. The van der Waals surface area contributed by atoms with Gasteiger partial charge in [-0.15, -0.1) is 11.6 Å². The molecule has 13 heavy (non-hydrogen) atoms. The monoisotopic (exact) mass is 217 g/mol. The Labute approximate surface area is 86.8 Å². The van der Waals surface area contributed by atoms with Crippen LogP contribution in [0.2, 0.25) is 0 Å². The van der Waals surface area contributed by atoms with E-state index < -0.39 is 5.24 Å². The number of benzene rings is 1. The Morgan fingerprint density at radius 3 is 2.38 bits per heavy atom. The van der Waals surface area contributed by atoms with Crippen LogP contribution in [0.5, 0.6) is 0 Å². The second-order valence-electron chi connectivity index (χ2n) is 2.54. The van der Waals surface area contributed by atoms with Crippen LogP contribution in [0.4, 0.5) is 5.69 Å². The van der Waals surface area contributed by atoms with E-state index in [2.05, 4.69) is 5.32 Å². The minimum absolute atomic E-state index is 0.141. The molecule has 0 radical (unpaired) electrons. The lowest BCUT2D eigenvalue weighted by atomic mass is 10.2. The van der Waals surface area contributed by atoms with Crippen molar-refractivity contribution in [3.8, 4) is 0 Å². The molecule has 1 aromatic carbocycles. The molecule has 4 heteroatoms. The minimum atomic E-state index is -0.401. The molecule has 0 saturated heterocycles. The van der Waals surface area contributed by atoms with Gasteiger partial charge >= 0.3 is 0 Å². The summed E-state index contributed by atoms with van der Waals surface area (Å²) in [4.78, 5) is 10.4. The molecule has 0 aromatic heterocycles. The van der Waals surface area contributed by atoms with E-state index in [0.717, 1.165) is 11.3 Å². The maximum absolute atomic E-state index is 10.4. The van der Waals surface area contributed by atoms with Gasteiger partial charge in [0.25, 0.3) is 0 Å². The predicted octanol–water partition coefficient (Wildman–Crippen LogP) is 2.60. The van der Waals surface area contributed by atoms with E-state index in [0.29, 0.717) is 5.88 Å². The first-order valence-electron chi connectivity index (χ1n) is 3.79. The molecule has 0 saturated carbocycles. The SMILES string of the molecule is O=C(Cl)CNc1ccc(CCl)cc1. The molecular formula is C9H9Cl2NO. The van der Waals surface area contributed by atoms with E-state index in [4.69, 9.17) is 23.2 Å². The van der Waals surface area contributed by atoms with Crippen molar-refractivity contribution in [1.82, 2.24) is 0 Å². The second kappa shape index (κ2) is 5.10. The van der Waals surface area contributed by atoms with Crippen LogP contribution in [-0.2, 0) is 10.7 Å². The van der Waals surface area contributed by atoms with Crippen LogP contribution in [0.1, 0.15) is 5.56 Å². The third-order valence-corrected chi connectivity index (χ3v) is 1.98. The highest BCUT2D eigenvalue weighted by Crippen LogP contribution is 2.10. The highest BCUT2D eigenvalue weighted by atomic mass is 35.5. The van der Waals surface area contributed by atoms with Crippen molar-refractivity contribution >= 4 is 34.1 Å². The maximum Gasteiger partial charge on any atom is 0.240 e. The largest absolute Gasteiger partial charge is 0.377 e. The zero-order valence-corrected chi connectivity index (χ0v) is 8.40. The fourth-order valence-corrected chi connectivity index (χ4v) is 1.13. The lowest BCUT2D eigenvalue weighted by Gasteiger charge is -2.03. The Balaban J connectivity index is 2.54. The molecule has 0 heterocycles. The standard InChI is InChI=1S/C9H9Cl2NO/c10-5-7-1-3-8(4-2-7)12-6-9(11)13/h1-4,12H,5-6H2. The number of anilines is 1. The summed E-state index contributed by atoms with van der Waals surface area (Å²) in [7, 11) is 0. The highest BCUT2D eigenvalue weighted by molar-refractivity contribution is 6.64. The Kier molecular flexibility index (Phi) is 4.06. The van der Waals surface area contributed by atoms with Crippen LogP contribution in [0, 0.1) is 0 Å². The first kappa shape index (κ1) is 10.4. The van der Waals surface area contributed by atoms with Gasteiger partial charge in [0.1, 0.15) is 0 Å². The van der Waals surface area contributed by atoms with Gasteiger partial charge in [-0.05, 0) is 29.3 Å². The van der Waals surface area contributed by atoms with Gasteiger partial charge in [0.2, 0.25) is 5.24 Å². The molecule has 2 nitrogen and oxygen atoms in total. The van der Waals surface area contributed by atoms with Crippen LogP contribution < -0.4 is 5.32 Å². The molecule has 1 rings (SSSR count). The minimum Gasteiger partial charge on any atom is -0.377 e. The molecule has 0 aliphatic rings. The van der Waals surface area contributed by atoms with Crippen molar-refractivity contribution in [2.45, 2.75) is 5.88 Å². The van der Waals surface area contributed by atoms with Crippen LogP contribution in [0.3, 0.4) is 0 Å². The summed E-state index contributed by atoms with van der Waals surface area (Å²) in [6.45, 7) is 0.141. The van der Waals surface area contributed by atoms with Gasteiger partial charge in [-0.2, -0.15) is 0 Å². The lowest BCUT2D eigenvalue weighted by molar-refractivity contribution is -0.110. The average molecular weight is 218 g/mol. The number of hydrogen-bond acceptors (Lipinski definition) is 2. The molecule has 0 fully saturated rings. The van der Waals surface area contributed by atoms with Crippen molar-refractivity contribution in [2.24, 2.45) is 0 Å². The number of carbonyl (C=O) groups excluding carboxylic acids is 1. The Bertz CT molecular complexity index is 284. The third kappa shape index (κ3) is 3.66. The molecule has 0 spiro atoms. The summed E-state index contributed by atoms with van der Waals surface area (Å²) in [5.41, 5.74) is 1.91. The van der Waals surface area contributed by atoms with Crippen LogP contribution in [0.15, 0.2) is 24.3 Å². The molecule has 70 valence electrons. The number of carbonyl (C=O) groups is 1. The predicted molar refractivity (Wildman–Crippen MR) is 55.3 cm³/mol. The van der Waals surface area contributed by atoms with Gasteiger partial charge < -0.3 is 5.32 Å². The van der Waals surface area contributed by atoms with Gasteiger partial charge in [-0.3, -0.25) is 4.79 Å². The maximum atomic E-state index is 10.4. The summed E-state index contributed by atoms with van der Waals surface area (Å²) >= 11 is 10.8. The number of alkyl halides is 1. The molecule has 0 aliphatic carbocycles. The van der Waals surface area contributed by atoms with E-state index >= 15 is 0 Å². The van der Waals surface area contributed by atoms with E-state index in [1.807, 2.05) is 24.3 Å².